The van der Waals surface area contributed by atoms with E-state index in [0.29, 0.717) is 23.0 Å². The number of imide groups is 1. The third-order valence-electron chi connectivity index (χ3n) is 3.92. The van der Waals surface area contributed by atoms with Crippen LogP contribution >= 0.6 is 11.6 Å². The Hall–Kier alpha value is -2.53. The molecule has 0 aliphatic carbocycles. The molecule has 6 heteroatoms. The lowest BCUT2D eigenvalue weighted by Gasteiger charge is -2.16. The van der Waals surface area contributed by atoms with Crippen molar-refractivity contribution >= 4 is 29.1 Å². The second-order valence-electron chi connectivity index (χ2n) is 5.55. The number of hydrogen-bond donors (Lipinski definition) is 1. The van der Waals surface area contributed by atoms with Gasteiger partial charge in [0.2, 0.25) is 5.91 Å². The third-order valence-corrected chi connectivity index (χ3v) is 4.22. The molecule has 124 valence electrons. The van der Waals surface area contributed by atoms with Gasteiger partial charge < -0.3 is 10.1 Å². The van der Waals surface area contributed by atoms with Gasteiger partial charge in [0.15, 0.2) is 0 Å². The summed E-state index contributed by atoms with van der Waals surface area (Å²) in [6.45, 7) is 0.292. The Bertz CT molecular complexity index is 764. The molecule has 2 aromatic rings. The van der Waals surface area contributed by atoms with Crippen LogP contribution in [-0.2, 0) is 16.1 Å². The van der Waals surface area contributed by atoms with Gasteiger partial charge in [-0.2, -0.15) is 0 Å². The average Bonchev–Trinajstić information content (AvgIpc) is 2.84. The summed E-state index contributed by atoms with van der Waals surface area (Å²) >= 11 is 6.09. The highest BCUT2D eigenvalue weighted by Gasteiger charge is 2.38. The van der Waals surface area contributed by atoms with E-state index in [-0.39, 0.29) is 18.2 Å². The maximum atomic E-state index is 12.5. The van der Waals surface area contributed by atoms with Gasteiger partial charge in [-0.05, 0) is 23.8 Å². The fourth-order valence-corrected chi connectivity index (χ4v) is 2.94. The van der Waals surface area contributed by atoms with E-state index in [1.807, 2.05) is 30.3 Å². The molecule has 0 aromatic heterocycles. The quantitative estimate of drug-likeness (QED) is 0.847. The standard InChI is InChI=1S/C18H17ClN2O3/c1-24-16-8-7-13(9-14(16)19)20-15-10-17(22)21(18(15)23)11-12-5-3-2-4-6-12/h2-9,15,20H,10-11H2,1H3/t15-/m1/s1. The van der Waals surface area contributed by atoms with Crippen molar-refractivity contribution in [2.45, 2.75) is 19.0 Å². The van der Waals surface area contributed by atoms with E-state index >= 15 is 0 Å². The van der Waals surface area contributed by atoms with E-state index in [0.717, 1.165) is 5.56 Å². The Morgan fingerprint density at radius 1 is 1.21 bits per heavy atom. The van der Waals surface area contributed by atoms with E-state index in [9.17, 15) is 9.59 Å². The molecule has 0 bridgehead atoms. The zero-order valence-corrected chi connectivity index (χ0v) is 13.9. The van der Waals surface area contributed by atoms with Crippen molar-refractivity contribution in [3.05, 3.63) is 59.1 Å². The number of rotatable bonds is 5. The minimum Gasteiger partial charge on any atom is -0.495 e. The lowest BCUT2D eigenvalue weighted by atomic mass is 10.2. The highest BCUT2D eigenvalue weighted by atomic mass is 35.5. The van der Waals surface area contributed by atoms with Crippen LogP contribution in [-0.4, -0.2) is 29.9 Å². The van der Waals surface area contributed by atoms with Gasteiger partial charge >= 0.3 is 0 Å². The lowest BCUT2D eigenvalue weighted by Crippen LogP contribution is -2.34. The monoisotopic (exact) mass is 344 g/mol. The molecule has 0 unspecified atom stereocenters. The van der Waals surface area contributed by atoms with Gasteiger partial charge in [0.05, 0.1) is 25.1 Å². The molecular formula is C18H17ClN2O3. The van der Waals surface area contributed by atoms with Crippen LogP contribution in [0.1, 0.15) is 12.0 Å². The first-order valence-electron chi connectivity index (χ1n) is 7.56. The number of halogens is 1. The van der Waals surface area contributed by atoms with Crippen LogP contribution in [0.3, 0.4) is 0 Å². The second-order valence-corrected chi connectivity index (χ2v) is 5.96. The number of likely N-dealkylation sites (tertiary alicyclic amines) is 1. The van der Waals surface area contributed by atoms with E-state index in [1.54, 1.807) is 18.2 Å². The van der Waals surface area contributed by atoms with Gasteiger partial charge in [0.25, 0.3) is 5.91 Å². The topological polar surface area (TPSA) is 58.6 Å². The fourth-order valence-electron chi connectivity index (χ4n) is 2.69. The van der Waals surface area contributed by atoms with Gasteiger partial charge in [-0.3, -0.25) is 14.5 Å². The zero-order valence-electron chi connectivity index (χ0n) is 13.2. The Morgan fingerprint density at radius 2 is 1.96 bits per heavy atom. The molecule has 1 atom stereocenters. The number of hydrogen-bond acceptors (Lipinski definition) is 4. The number of carbonyl (C=O) groups excluding carboxylic acids is 2. The van der Waals surface area contributed by atoms with Crippen molar-refractivity contribution in [2.75, 3.05) is 12.4 Å². The lowest BCUT2D eigenvalue weighted by molar-refractivity contribution is -0.139. The van der Waals surface area contributed by atoms with Crippen LogP contribution in [0, 0.1) is 0 Å². The Labute approximate surface area is 145 Å². The maximum Gasteiger partial charge on any atom is 0.252 e. The largest absolute Gasteiger partial charge is 0.495 e. The number of methoxy groups -OCH3 is 1. The average molecular weight is 345 g/mol. The van der Waals surface area contributed by atoms with Crippen LogP contribution in [0.5, 0.6) is 5.75 Å². The fraction of sp³-hybridized carbons (Fsp3) is 0.222. The second kappa shape index (κ2) is 6.93. The molecule has 1 aliphatic heterocycles. The number of nitrogens with one attached hydrogen (secondary N) is 1. The van der Waals surface area contributed by atoms with Crippen molar-refractivity contribution < 1.29 is 14.3 Å². The minimum absolute atomic E-state index is 0.134. The van der Waals surface area contributed by atoms with E-state index in [4.69, 9.17) is 16.3 Å². The molecule has 1 aliphatic rings. The predicted octanol–water partition coefficient (Wildman–Crippen LogP) is 3.09. The number of amides is 2. The Balaban J connectivity index is 1.71. The molecule has 1 heterocycles. The molecule has 2 aromatic carbocycles. The van der Waals surface area contributed by atoms with Crippen molar-refractivity contribution in [1.82, 2.24) is 4.90 Å². The first kappa shape index (κ1) is 16.3. The SMILES string of the molecule is COc1ccc(N[C@@H]2CC(=O)N(Cc3ccccc3)C2=O)cc1Cl. The van der Waals surface area contributed by atoms with Crippen LogP contribution in [0.25, 0.3) is 0 Å². The highest BCUT2D eigenvalue weighted by Crippen LogP contribution is 2.28. The molecule has 5 nitrogen and oxygen atoms in total. The summed E-state index contributed by atoms with van der Waals surface area (Å²) in [7, 11) is 1.54. The highest BCUT2D eigenvalue weighted by molar-refractivity contribution is 6.32. The van der Waals surface area contributed by atoms with Crippen molar-refractivity contribution in [1.29, 1.82) is 0 Å². The summed E-state index contributed by atoms with van der Waals surface area (Å²) in [6.07, 6.45) is 0.134. The molecule has 0 saturated carbocycles. The summed E-state index contributed by atoms with van der Waals surface area (Å²) in [5.74, 6) is 0.151. The smallest absolute Gasteiger partial charge is 0.252 e. The molecule has 1 saturated heterocycles. The van der Waals surface area contributed by atoms with E-state index in [2.05, 4.69) is 5.32 Å². The molecule has 1 N–H and O–H groups in total. The summed E-state index contributed by atoms with van der Waals surface area (Å²) in [5.41, 5.74) is 1.60. The van der Waals surface area contributed by atoms with Crippen molar-refractivity contribution in [2.24, 2.45) is 0 Å². The molecular weight excluding hydrogens is 328 g/mol. The summed E-state index contributed by atoms with van der Waals surface area (Å²) in [5, 5.41) is 3.52. The third kappa shape index (κ3) is 3.36. The number of carbonyl (C=O) groups is 2. The number of ether oxygens (including phenoxy) is 1. The van der Waals surface area contributed by atoms with Gasteiger partial charge in [0.1, 0.15) is 11.8 Å². The maximum absolute atomic E-state index is 12.5. The predicted molar refractivity (Wildman–Crippen MR) is 92.0 cm³/mol. The molecule has 2 amide bonds. The minimum atomic E-state index is -0.578. The number of nitrogens with zero attached hydrogens (tertiary/aromatic N) is 1. The van der Waals surface area contributed by atoms with E-state index in [1.165, 1.54) is 12.0 Å². The molecule has 1 fully saturated rings. The van der Waals surface area contributed by atoms with E-state index < -0.39 is 6.04 Å². The number of benzene rings is 2. The van der Waals surface area contributed by atoms with Gasteiger partial charge in [-0.15, -0.1) is 0 Å². The molecule has 24 heavy (non-hydrogen) atoms. The van der Waals surface area contributed by atoms with Crippen molar-refractivity contribution in [3.63, 3.8) is 0 Å². The summed E-state index contributed by atoms with van der Waals surface area (Å²) in [6, 6.07) is 14.0. The van der Waals surface area contributed by atoms with Crippen LogP contribution < -0.4 is 10.1 Å². The first-order valence-corrected chi connectivity index (χ1v) is 7.94. The normalized spacial score (nSPS) is 17.2. The van der Waals surface area contributed by atoms with Gasteiger partial charge in [0, 0.05) is 5.69 Å². The van der Waals surface area contributed by atoms with Crippen LogP contribution in [0.15, 0.2) is 48.5 Å². The Morgan fingerprint density at radius 3 is 2.62 bits per heavy atom. The zero-order chi connectivity index (χ0) is 17.1. The molecule has 3 rings (SSSR count). The Kier molecular flexibility index (Phi) is 4.71. The van der Waals surface area contributed by atoms with Crippen molar-refractivity contribution in [3.8, 4) is 5.75 Å². The first-order chi connectivity index (χ1) is 11.6. The van der Waals surface area contributed by atoms with Gasteiger partial charge in [-0.1, -0.05) is 41.9 Å². The van der Waals surface area contributed by atoms with Gasteiger partial charge in [-0.25, -0.2) is 0 Å². The van der Waals surface area contributed by atoms with Crippen LogP contribution in [0.2, 0.25) is 5.02 Å². The number of anilines is 1. The summed E-state index contributed by atoms with van der Waals surface area (Å²) < 4.78 is 5.10. The van der Waals surface area contributed by atoms with Crippen LogP contribution in [0.4, 0.5) is 5.69 Å². The molecule has 0 radical (unpaired) electrons. The molecule has 0 spiro atoms. The summed E-state index contributed by atoms with van der Waals surface area (Å²) in [4.78, 5) is 26.0.